The van der Waals surface area contributed by atoms with Gasteiger partial charge in [0, 0.05) is 25.6 Å². The van der Waals surface area contributed by atoms with Crippen molar-refractivity contribution in [1.82, 2.24) is 10.2 Å². The fourth-order valence-electron chi connectivity index (χ4n) is 2.85. The molecule has 2 N–H and O–H groups in total. The largest absolute Gasteiger partial charge is 0.481 e. The Balaban J connectivity index is 1.99. The van der Waals surface area contributed by atoms with Gasteiger partial charge in [-0.25, -0.2) is 0 Å². The average Bonchev–Trinajstić information content (AvgIpc) is 2.94. The fraction of sp³-hybridized carbons (Fsp3) is 0.500. The van der Waals surface area contributed by atoms with E-state index in [1.165, 1.54) is 24.0 Å². The number of amides is 2. The first kappa shape index (κ1) is 20.7. The number of halogens is 3. The maximum absolute atomic E-state index is 12.8. The van der Waals surface area contributed by atoms with Crippen molar-refractivity contribution in [3.63, 3.8) is 0 Å². The highest BCUT2D eigenvalue weighted by Gasteiger charge is 2.36. The Morgan fingerprint density at radius 2 is 2.00 bits per heavy atom. The van der Waals surface area contributed by atoms with Crippen molar-refractivity contribution < 1.29 is 32.7 Å². The molecule has 6 nitrogen and oxygen atoms in total. The Morgan fingerprint density at radius 1 is 1.33 bits per heavy atom. The van der Waals surface area contributed by atoms with Crippen LogP contribution in [-0.4, -0.2) is 40.4 Å². The number of carboxylic acid groups (broad SMARTS) is 1. The van der Waals surface area contributed by atoms with Gasteiger partial charge in [0.25, 0.3) is 0 Å². The zero-order valence-electron chi connectivity index (χ0n) is 14.9. The van der Waals surface area contributed by atoms with Crippen molar-refractivity contribution in [2.45, 2.75) is 39.0 Å². The van der Waals surface area contributed by atoms with Crippen molar-refractivity contribution in [3.05, 3.63) is 35.4 Å². The Kier molecular flexibility index (Phi) is 6.12. The molecule has 0 saturated carbocycles. The maximum Gasteiger partial charge on any atom is 0.416 e. The molecule has 1 saturated heterocycles. The Morgan fingerprint density at radius 3 is 2.59 bits per heavy atom. The van der Waals surface area contributed by atoms with Crippen molar-refractivity contribution in [3.8, 4) is 0 Å². The molecule has 0 radical (unpaired) electrons. The Bertz CT molecular complexity index is 736. The molecular weight excluding hydrogens is 365 g/mol. The monoisotopic (exact) mass is 386 g/mol. The summed E-state index contributed by atoms with van der Waals surface area (Å²) in [4.78, 5) is 36.7. The lowest BCUT2D eigenvalue weighted by molar-refractivity contribution is -0.142. The summed E-state index contributed by atoms with van der Waals surface area (Å²) in [6, 6.07) is 4.10. The minimum Gasteiger partial charge on any atom is -0.481 e. The molecule has 3 unspecified atom stereocenters. The summed E-state index contributed by atoms with van der Waals surface area (Å²) < 4.78 is 38.4. The topological polar surface area (TPSA) is 86.7 Å². The van der Waals surface area contributed by atoms with Gasteiger partial charge in [0.1, 0.15) is 0 Å². The molecule has 0 bridgehead atoms. The third-order valence-electron chi connectivity index (χ3n) is 4.72. The average molecular weight is 386 g/mol. The zero-order chi connectivity index (χ0) is 20.4. The molecule has 0 aliphatic carbocycles. The third-order valence-corrected chi connectivity index (χ3v) is 4.72. The first-order valence-electron chi connectivity index (χ1n) is 8.46. The van der Waals surface area contributed by atoms with Gasteiger partial charge in [0.2, 0.25) is 11.8 Å². The fourth-order valence-corrected chi connectivity index (χ4v) is 2.85. The van der Waals surface area contributed by atoms with Crippen LogP contribution in [0.5, 0.6) is 0 Å². The van der Waals surface area contributed by atoms with E-state index in [2.05, 4.69) is 5.32 Å². The van der Waals surface area contributed by atoms with Crippen molar-refractivity contribution in [2.24, 2.45) is 11.8 Å². The van der Waals surface area contributed by atoms with Crippen LogP contribution in [0.2, 0.25) is 0 Å². The number of nitrogens with one attached hydrogen (secondary N) is 1. The SMILES string of the molecule is CC(NC(=O)C1CC(=O)N(Cc2cccc(C(F)(F)F)c2)C1)C(C)C(=O)O. The summed E-state index contributed by atoms with van der Waals surface area (Å²) in [6.07, 6.45) is -4.52. The molecule has 9 heteroatoms. The number of rotatable bonds is 6. The number of carbonyl (C=O) groups is 3. The molecular formula is C18H21F3N2O4. The molecule has 3 atom stereocenters. The number of carbonyl (C=O) groups excluding carboxylic acids is 2. The predicted molar refractivity (Wildman–Crippen MR) is 89.4 cm³/mol. The maximum atomic E-state index is 12.8. The molecule has 1 aromatic carbocycles. The van der Waals surface area contributed by atoms with Gasteiger partial charge in [-0.1, -0.05) is 12.1 Å². The van der Waals surface area contributed by atoms with E-state index < -0.39 is 41.5 Å². The molecule has 27 heavy (non-hydrogen) atoms. The van der Waals surface area contributed by atoms with E-state index in [9.17, 15) is 27.6 Å². The lowest BCUT2D eigenvalue weighted by Crippen LogP contribution is -2.43. The van der Waals surface area contributed by atoms with Crippen LogP contribution in [0.25, 0.3) is 0 Å². The van der Waals surface area contributed by atoms with E-state index in [1.54, 1.807) is 6.92 Å². The summed E-state index contributed by atoms with van der Waals surface area (Å²) in [5.74, 6) is -3.25. The highest BCUT2D eigenvalue weighted by atomic mass is 19.4. The van der Waals surface area contributed by atoms with Gasteiger partial charge in [-0.3, -0.25) is 14.4 Å². The molecule has 1 heterocycles. The lowest BCUT2D eigenvalue weighted by Gasteiger charge is -2.21. The van der Waals surface area contributed by atoms with Crippen LogP contribution in [0.1, 0.15) is 31.4 Å². The number of nitrogens with zero attached hydrogens (tertiary/aromatic N) is 1. The first-order chi connectivity index (χ1) is 12.5. The normalized spacial score (nSPS) is 19.7. The van der Waals surface area contributed by atoms with Crippen LogP contribution in [0.4, 0.5) is 13.2 Å². The number of benzene rings is 1. The van der Waals surface area contributed by atoms with E-state index >= 15 is 0 Å². The lowest BCUT2D eigenvalue weighted by atomic mass is 10.0. The number of hydrogen-bond acceptors (Lipinski definition) is 3. The van der Waals surface area contributed by atoms with Crippen LogP contribution < -0.4 is 5.32 Å². The molecule has 1 fully saturated rings. The second-order valence-electron chi connectivity index (χ2n) is 6.80. The number of aliphatic carboxylic acids is 1. The number of carboxylic acids is 1. The van der Waals surface area contributed by atoms with Crippen LogP contribution in [0.15, 0.2) is 24.3 Å². The van der Waals surface area contributed by atoms with Crippen molar-refractivity contribution in [1.29, 1.82) is 0 Å². The number of alkyl halides is 3. The first-order valence-corrected chi connectivity index (χ1v) is 8.46. The molecule has 148 valence electrons. The van der Waals surface area contributed by atoms with Gasteiger partial charge in [-0.05, 0) is 31.5 Å². The van der Waals surface area contributed by atoms with Gasteiger partial charge in [0.15, 0.2) is 0 Å². The van der Waals surface area contributed by atoms with Crippen LogP contribution in [0.3, 0.4) is 0 Å². The van der Waals surface area contributed by atoms with Crippen LogP contribution in [0, 0.1) is 11.8 Å². The second kappa shape index (κ2) is 7.98. The summed E-state index contributed by atoms with van der Waals surface area (Å²) in [7, 11) is 0. The molecule has 0 aromatic heterocycles. The minimum atomic E-state index is -4.47. The van der Waals surface area contributed by atoms with E-state index in [0.29, 0.717) is 5.56 Å². The predicted octanol–water partition coefficient (Wildman–Crippen LogP) is 2.28. The molecule has 1 aliphatic rings. The van der Waals surface area contributed by atoms with Gasteiger partial charge < -0.3 is 15.3 Å². The Hall–Kier alpha value is -2.58. The van der Waals surface area contributed by atoms with E-state index in [0.717, 1.165) is 12.1 Å². The van der Waals surface area contributed by atoms with Crippen molar-refractivity contribution >= 4 is 17.8 Å². The van der Waals surface area contributed by atoms with E-state index in [4.69, 9.17) is 5.11 Å². The van der Waals surface area contributed by atoms with Gasteiger partial charge >= 0.3 is 12.1 Å². The smallest absolute Gasteiger partial charge is 0.416 e. The highest BCUT2D eigenvalue weighted by molar-refractivity contribution is 5.89. The highest BCUT2D eigenvalue weighted by Crippen LogP contribution is 2.30. The quantitative estimate of drug-likeness (QED) is 0.785. The van der Waals surface area contributed by atoms with Crippen molar-refractivity contribution in [2.75, 3.05) is 6.54 Å². The zero-order valence-corrected chi connectivity index (χ0v) is 14.9. The van der Waals surface area contributed by atoms with Crippen LogP contribution >= 0.6 is 0 Å². The summed E-state index contributed by atoms with van der Waals surface area (Å²) >= 11 is 0. The molecule has 1 aliphatic heterocycles. The third kappa shape index (κ3) is 5.21. The van der Waals surface area contributed by atoms with Gasteiger partial charge in [-0.15, -0.1) is 0 Å². The van der Waals surface area contributed by atoms with Crippen LogP contribution in [-0.2, 0) is 27.1 Å². The summed E-state index contributed by atoms with van der Waals surface area (Å²) in [5.41, 5.74) is -0.468. The van der Waals surface area contributed by atoms with Gasteiger partial charge in [0.05, 0.1) is 17.4 Å². The van der Waals surface area contributed by atoms with E-state index in [-0.39, 0.29) is 25.4 Å². The Labute approximate surface area is 154 Å². The molecule has 0 spiro atoms. The standard InChI is InChI=1S/C18H21F3N2O4/c1-10(17(26)27)11(2)22-16(25)13-7-15(24)23(9-13)8-12-4-3-5-14(6-12)18(19,20)21/h3-6,10-11,13H,7-9H2,1-2H3,(H,22,25)(H,26,27). The molecule has 2 amide bonds. The van der Waals surface area contributed by atoms with Gasteiger partial charge in [-0.2, -0.15) is 13.2 Å². The molecule has 1 aromatic rings. The summed E-state index contributed by atoms with van der Waals surface area (Å²) in [6.45, 7) is 3.09. The minimum absolute atomic E-state index is 0.0202. The number of hydrogen-bond donors (Lipinski definition) is 2. The number of likely N-dealkylation sites (tertiary alicyclic amines) is 1. The second-order valence-corrected chi connectivity index (χ2v) is 6.80. The molecule has 2 rings (SSSR count). The van der Waals surface area contributed by atoms with E-state index in [1.807, 2.05) is 0 Å². The summed E-state index contributed by atoms with van der Waals surface area (Å²) in [5, 5.41) is 11.6.